The van der Waals surface area contributed by atoms with Crippen LogP contribution in [0.5, 0.6) is 11.6 Å². The van der Waals surface area contributed by atoms with E-state index in [0.717, 1.165) is 28.6 Å². The molecular formula is C25H25N5O3. The Bertz CT molecular complexity index is 1420. The zero-order valence-corrected chi connectivity index (χ0v) is 18.4. The molecule has 2 amide bonds. The van der Waals surface area contributed by atoms with Gasteiger partial charge in [0, 0.05) is 35.9 Å². The molecule has 0 N–H and O–H groups in total. The molecule has 1 aliphatic heterocycles. The van der Waals surface area contributed by atoms with Crippen molar-refractivity contribution in [2.75, 3.05) is 23.4 Å². The third-order valence-corrected chi connectivity index (χ3v) is 5.47. The van der Waals surface area contributed by atoms with Gasteiger partial charge in [0.25, 0.3) is 0 Å². The molecule has 3 heterocycles. The first-order valence-corrected chi connectivity index (χ1v) is 10.7. The van der Waals surface area contributed by atoms with Gasteiger partial charge in [0.15, 0.2) is 0 Å². The maximum absolute atomic E-state index is 13.9. The summed E-state index contributed by atoms with van der Waals surface area (Å²) in [5.41, 5.74) is 2.93. The van der Waals surface area contributed by atoms with Crippen molar-refractivity contribution in [3.63, 3.8) is 0 Å². The van der Waals surface area contributed by atoms with E-state index in [4.69, 9.17) is 13.6 Å². The predicted molar refractivity (Wildman–Crippen MR) is 127 cm³/mol. The summed E-state index contributed by atoms with van der Waals surface area (Å²) in [6.45, 7) is 2.85. The SMILES string of the molecule is [2H]C([2H])([2H])Oc1ccc(N2C(=O)N(c3ccc4nn(C)cc4c3)Cc3ccc(OCCC)nc32)cc1. The highest BCUT2D eigenvalue weighted by molar-refractivity contribution is 6.10. The number of urea groups is 1. The molecule has 0 radical (unpaired) electrons. The number of carbonyl (C=O) groups excluding carboxylic acids is 1. The Morgan fingerprint density at radius 3 is 2.70 bits per heavy atom. The topological polar surface area (TPSA) is 72.7 Å². The van der Waals surface area contributed by atoms with E-state index in [0.29, 0.717) is 30.5 Å². The number of pyridine rings is 1. The number of aryl methyl sites for hydroxylation is 1. The first kappa shape index (κ1) is 17.5. The molecule has 8 nitrogen and oxygen atoms in total. The Morgan fingerprint density at radius 1 is 1.09 bits per heavy atom. The zero-order chi connectivity index (χ0) is 25.4. The highest BCUT2D eigenvalue weighted by atomic mass is 16.5. The van der Waals surface area contributed by atoms with Crippen LogP contribution < -0.4 is 19.3 Å². The molecule has 33 heavy (non-hydrogen) atoms. The van der Waals surface area contributed by atoms with Gasteiger partial charge in [-0.1, -0.05) is 6.92 Å². The van der Waals surface area contributed by atoms with Gasteiger partial charge >= 0.3 is 6.03 Å². The van der Waals surface area contributed by atoms with Crippen LogP contribution in [0, 0.1) is 0 Å². The van der Waals surface area contributed by atoms with Gasteiger partial charge < -0.3 is 9.47 Å². The number of anilines is 3. The second kappa shape index (κ2) is 8.46. The molecule has 0 saturated carbocycles. The molecule has 0 unspecified atom stereocenters. The largest absolute Gasteiger partial charge is 0.497 e. The van der Waals surface area contributed by atoms with E-state index in [1.54, 1.807) is 27.8 Å². The molecular weight excluding hydrogens is 418 g/mol. The molecule has 0 fully saturated rings. The maximum atomic E-state index is 13.9. The van der Waals surface area contributed by atoms with Crippen molar-refractivity contribution in [2.45, 2.75) is 19.9 Å². The molecule has 0 aliphatic carbocycles. The lowest BCUT2D eigenvalue weighted by Crippen LogP contribution is -2.45. The van der Waals surface area contributed by atoms with Gasteiger partial charge in [-0.15, -0.1) is 0 Å². The molecule has 0 saturated heterocycles. The van der Waals surface area contributed by atoms with Gasteiger partial charge in [-0.2, -0.15) is 10.1 Å². The summed E-state index contributed by atoms with van der Waals surface area (Å²) in [5.74, 6) is 1.08. The molecule has 4 aromatic rings. The van der Waals surface area contributed by atoms with Crippen LogP contribution in [0.15, 0.2) is 60.8 Å². The van der Waals surface area contributed by atoms with Gasteiger partial charge in [-0.3, -0.25) is 9.58 Å². The lowest BCUT2D eigenvalue weighted by atomic mass is 10.1. The smallest absolute Gasteiger partial charge is 0.335 e. The highest BCUT2D eigenvalue weighted by Crippen LogP contribution is 2.38. The minimum absolute atomic E-state index is 0.176. The van der Waals surface area contributed by atoms with E-state index < -0.39 is 7.04 Å². The van der Waals surface area contributed by atoms with E-state index in [1.165, 1.54) is 17.0 Å². The number of ether oxygens (including phenoxy) is 2. The Labute approximate surface area is 196 Å². The maximum Gasteiger partial charge on any atom is 0.335 e. The fourth-order valence-corrected chi connectivity index (χ4v) is 3.92. The highest BCUT2D eigenvalue weighted by Gasteiger charge is 2.34. The number of methoxy groups -OCH3 is 1. The summed E-state index contributed by atoms with van der Waals surface area (Å²) in [4.78, 5) is 21.7. The van der Waals surface area contributed by atoms with Gasteiger partial charge in [0.05, 0.1) is 35.5 Å². The molecule has 2 aromatic carbocycles. The third-order valence-electron chi connectivity index (χ3n) is 5.47. The molecule has 8 heteroatoms. The van der Waals surface area contributed by atoms with Crippen LogP contribution in [-0.4, -0.2) is 34.4 Å². The van der Waals surface area contributed by atoms with Gasteiger partial charge in [0.1, 0.15) is 11.6 Å². The second-order valence-electron chi connectivity index (χ2n) is 7.83. The van der Waals surface area contributed by atoms with E-state index in [-0.39, 0.29) is 11.8 Å². The standard InChI is InChI=1S/C25H25N5O3/c1-4-13-33-23-12-5-17-16-29(20-8-11-22-18(14-20)15-28(2)27-22)25(31)30(24(17)26-23)19-6-9-21(32-3)10-7-19/h5-12,14-15H,4,13,16H2,1-3H3/i3D3. The van der Waals surface area contributed by atoms with Crippen LogP contribution in [0.2, 0.25) is 0 Å². The van der Waals surface area contributed by atoms with Gasteiger partial charge in [-0.25, -0.2) is 9.69 Å². The van der Waals surface area contributed by atoms with Crippen LogP contribution in [0.1, 0.15) is 23.0 Å². The predicted octanol–water partition coefficient (Wildman–Crippen LogP) is 5.04. The number of hydrogen-bond donors (Lipinski definition) is 0. The third kappa shape index (κ3) is 3.84. The van der Waals surface area contributed by atoms with Crippen molar-refractivity contribution in [1.82, 2.24) is 14.8 Å². The summed E-state index contributed by atoms with van der Waals surface area (Å²) in [5, 5.41) is 5.34. The fourth-order valence-electron chi connectivity index (χ4n) is 3.92. The van der Waals surface area contributed by atoms with Gasteiger partial charge in [-0.05, 0) is 55.0 Å². The van der Waals surface area contributed by atoms with Crippen LogP contribution in [-0.2, 0) is 13.6 Å². The Kier molecular flexibility index (Phi) is 4.48. The average Bonchev–Trinajstić information content (AvgIpc) is 3.21. The molecule has 168 valence electrons. The van der Waals surface area contributed by atoms with Crippen LogP contribution in [0.4, 0.5) is 22.0 Å². The van der Waals surface area contributed by atoms with Crippen molar-refractivity contribution in [3.05, 3.63) is 66.4 Å². The molecule has 0 bridgehead atoms. The van der Waals surface area contributed by atoms with Crippen molar-refractivity contribution in [1.29, 1.82) is 0 Å². The number of fused-ring (bicyclic) bond motifs is 2. The Morgan fingerprint density at radius 2 is 1.91 bits per heavy atom. The zero-order valence-electron chi connectivity index (χ0n) is 21.4. The lowest BCUT2D eigenvalue weighted by molar-refractivity contribution is 0.252. The average molecular weight is 447 g/mol. The number of rotatable bonds is 6. The fraction of sp³-hybridized carbons (Fsp3) is 0.240. The summed E-state index contributed by atoms with van der Waals surface area (Å²) in [7, 11) is -0.711. The van der Waals surface area contributed by atoms with Crippen LogP contribution >= 0.6 is 0 Å². The summed E-state index contributed by atoms with van der Waals surface area (Å²) in [6.07, 6.45) is 2.73. The quantitative estimate of drug-likeness (QED) is 0.415. The molecule has 5 rings (SSSR count). The molecule has 0 spiro atoms. The van der Waals surface area contributed by atoms with Crippen molar-refractivity contribution >= 4 is 34.1 Å². The minimum atomic E-state index is -2.57. The number of hydrogen-bond acceptors (Lipinski definition) is 5. The molecule has 1 aliphatic rings. The van der Waals surface area contributed by atoms with E-state index >= 15 is 0 Å². The normalized spacial score (nSPS) is 15.1. The van der Waals surface area contributed by atoms with Crippen LogP contribution in [0.3, 0.4) is 0 Å². The second-order valence-corrected chi connectivity index (χ2v) is 7.83. The van der Waals surface area contributed by atoms with Crippen molar-refractivity contribution in [3.8, 4) is 11.6 Å². The van der Waals surface area contributed by atoms with Gasteiger partial charge in [0.2, 0.25) is 5.88 Å². The first-order valence-electron chi connectivity index (χ1n) is 12.2. The van der Waals surface area contributed by atoms with E-state index in [2.05, 4.69) is 10.1 Å². The summed E-state index contributed by atoms with van der Waals surface area (Å²) >= 11 is 0. The van der Waals surface area contributed by atoms with E-state index in [1.807, 2.05) is 44.4 Å². The Balaban J connectivity index is 1.56. The number of benzene rings is 2. The lowest BCUT2D eigenvalue weighted by Gasteiger charge is -2.36. The molecule has 0 atom stereocenters. The van der Waals surface area contributed by atoms with E-state index in [9.17, 15) is 4.79 Å². The first-order chi connectivity index (χ1) is 17.2. The summed E-state index contributed by atoms with van der Waals surface area (Å²) < 4.78 is 34.4. The minimum Gasteiger partial charge on any atom is -0.497 e. The number of amides is 2. The number of carbonyl (C=O) groups is 1. The monoisotopic (exact) mass is 446 g/mol. The number of nitrogens with zero attached hydrogens (tertiary/aromatic N) is 5. The number of aromatic nitrogens is 3. The van der Waals surface area contributed by atoms with Crippen LogP contribution in [0.25, 0.3) is 10.9 Å². The molecule has 2 aromatic heterocycles. The van der Waals surface area contributed by atoms with Crippen molar-refractivity contribution < 1.29 is 18.4 Å². The summed E-state index contributed by atoms with van der Waals surface area (Å²) in [6, 6.07) is 15.4. The van der Waals surface area contributed by atoms with Crippen molar-refractivity contribution in [2.24, 2.45) is 7.05 Å². The Hall–Kier alpha value is -4.07.